The number of benzene rings is 1. The van der Waals surface area contributed by atoms with E-state index in [0.717, 1.165) is 0 Å². The van der Waals surface area contributed by atoms with Crippen molar-refractivity contribution < 1.29 is 13.6 Å². The number of hydrogen-bond donors (Lipinski definition) is 1. The van der Waals surface area contributed by atoms with Crippen molar-refractivity contribution >= 4 is 32.9 Å². The lowest BCUT2D eigenvalue weighted by atomic mass is 10.2. The van der Waals surface area contributed by atoms with Crippen molar-refractivity contribution in [1.82, 2.24) is 0 Å². The van der Waals surface area contributed by atoms with Gasteiger partial charge in [0.05, 0.1) is 5.56 Å². The molecule has 0 spiro atoms. The van der Waals surface area contributed by atoms with Gasteiger partial charge in [0, 0.05) is 9.37 Å². The molecule has 1 rings (SSSR count). The molecule has 0 saturated carbocycles. The fraction of sp³-hybridized carbons (Fsp3) is 0. The molecule has 13 heavy (non-hydrogen) atoms. The Kier molecular flexibility index (Phi) is 3.18. The summed E-state index contributed by atoms with van der Waals surface area (Å²) in [6.45, 7) is 0. The van der Waals surface area contributed by atoms with Crippen molar-refractivity contribution in [2.24, 2.45) is 5.73 Å². The molecule has 1 atom stereocenters. The third-order valence-electron chi connectivity index (χ3n) is 1.39. The summed E-state index contributed by atoms with van der Waals surface area (Å²) >= 11 is 0.664. The highest BCUT2D eigenvalue weighted by Gasteiger charge is 2.08. The zero-order valence-electron chi connectivity index (χ0n) is 6.32. The molecule has 1 unspecified atom stereocenters. The molecule has 0 heterocycles. The first-order valence-electron chi connectivity index (χ1n) is 3.21. The van der Waals surface area contributed by atoms with Crippen molar-refractivity contribution in [3.05, 3.63) is 28.2 Å². The van der Waals surface area contributed by atoms with Crippen LogP contribution in [0.15, 0.2) is 27.6 Å². The molecule has 0 fully saturated rings. The molecule has 6 heteroatoms. The quantitative estimate of drug-likeness (QED) is 0.800. The largest absolute Gasteiger partial charge is 0.768 e. The molecule has 0 radical (unpaired) electrons. The van der Waals surface area contributed by atoms with Gasteiger partial charge in [-0.3, -0.25) is 9.00 Å². The van der Waals surface area contributed by atoms with Crippen LogP contribution >= 0.6 is 15.9 Å². The first-order chi connectivity index (χ1) is 6.02. The number of nitrogens with two attached hydrogens (primary N) is 1. The molecule has 70 valence electrons. The molecular formula is C7H5BrNO3S-. The van der Waals surface area contributed by atoms with Crippen LogP contribution in [0.25, 0.3) is 0 Å². The van der Waals surface area contributed by atoms with Crippen LogP contribution in [0.3, 0.4) is 0 Å². The summed E-state index contributed by atoms with van der Waals surface area (Å²) in [7, 11) is 0. The highest BCUT2D eigenvalue weighted by Crippen LogP contribution is 2.18. The van der Waals surface area contributed by atoms with Crippen LogP contribution in [0.5, 0.6) is 0 Å². The van der Waals surface area contributed by atoms with Crippen LogP contribution in [0.4, 0.5) is 0 Å². The number of carbonyl (C=O) groups is 1. The van der Waals surface area contributed by atoms with Gasteiger partial charge in [-0.05, 0) is 29.3 Å². The number of amides is 1. The van der Waals surface area contributed by atoms with E-state index in [1.54, 1.807) is 0 Å². The van der Waals surface area contributed by atoms with Crippen LogP contribution in [0.1, 0.15) is 10.4 Å². The third kappa shape index (κ3) is 2.36. The van der Waals surface area contributed by atoms with Gasteiger partial charge in [-0.25, -0.2) is 0 Å². The predicted octanol–water partition coefficient (Wildman–Crippen LogP) is 0.786. The minimum Gasteiger partial charge on any atom is -0.768 e. The summed E-state index contributed by atoms with van der Waals surface area (Å²) in [5.41, 5.74) is 4.98. The molecular weight excluding hydrogens is 258 g/mol. The highest BCUT2D eigenvalue weighted by atomic mass is 79.9. The average Bonchev–Trinajstić information content (AvgIpc) is 2.03. The number of hydrogen-bond acceptors (Lipinski definition) is 3. The molecule has 0 aliphatic heterocycles. The van der Waals surface area contributed by atoms with Gasteiger partial charge < -0.3 is 10.3 Å². The third-order valence-corrected chi connectivity index (χ3v) is 2.59. The van der Waals surface area contributed by atoms with Gasteiger partial charge >= 0.3 is 0 Å². The second-order valence-electron chi connectivity index (χ2n) is 2.24. The number of halogens is 1. The lowest BCUT2D eigenvalue weighted by Gasteiger charge is -2.09. The van der Waals surface area contributed by atoms with E-state index in [1.807, 2.05) is 0 Å². The Labute approximate surface area is 85.5 Å². The van der Waals surface area contributed by atoms with Crippen molar-refractivity contribution in [2.75, 3.05) is 0 Å². The fourth-order valence-electron chi connectivity index (χ4n) is 0.840. The van der Waals surface area contributed by atoms with Gasteiger partial charge in [0.15, 0.2) is 0 Å². The Bertz CT molecular complexity index is 380. The average molecular weight is 263 g/mol. The molecule has 0 aliphatic rings. The number of carbonyl (C=O) groups excluding carboxylic acids is 1. The zero-order chi connectivity index (χ0) is 10.0. The fourth-order valence-corrected chi connectivity index (χ4v) is 1.72. The van der Waals surface area contributed by atoms with E-state index in [9.17, 15) is 13.6 Å². The Hall–Kier alpha value is -0.720. The van der Waals surface area contributed by atoms with Crippen LogP contribution in [0, 0.1) is 0 Å². The van der Waals surface area contributed by atoms with Crippen molar-refractivity contribution in [2.45, 2.75) is 4.90 Å². The molecule has 4 nitrogen and oxygen atoms in total. The first kappa shape index (κ1) is 10.4. The Morgan fingerprint density at radius 3 is 2.62 bits per heavy atom. The van der Waals surface area contributed by atoms with E-state index >= 15 is 0 Å². The van der Waals surface area contributed by atoms with Crippen molar-refractivity contribution in [3.8, 4) is 0 Å². The zero-order valence-corrected chi connectivity index (χ0v) is 8.72. The summed E-state index contributed by atoms with van der Waals surface area (Å²) in [6.07, 6.45) is 0. The van der Waals surface area contributed by atoms with E-state index in [0.29, 0.717) is 4.47 Å². The van der Waals surface area contributed by atoms with Gasteiger partial charge in [-0.2, -0.15) is 0 Å². The van der Waals surface area contributed by atoms with E-state index in [1.165, 1.54) is 18.2 Å². The Morgan fingerprint density at radius 1 is 1.54 bits per heavy atom. The van der Waals surface area contributed by atoms with E-state index in [2.05, 4.69) is 15.9 Å². The summed E-state index contributed by atoms with van der Waals surface area (Å²) in [6, 6.07) is 4.21. The monoisotopic (exact) mass is 262 g/mol. The molecule has 0 saturated heterocycles. The topological polar surface area (TPSA) is 83.2 Å². The molecule has 1 aromatic rings. The van der Waals surface area contributed by atoms with Crippen LogP contribution in [-0.4, -0.2) is 14.7 Å². The predicted molar refractivity (Wildman–Crippen MR) is 49.8 cm³/mol. The standard InChI is InChI=1S/C7H6BrNO3S/c8-4-1-2-6(13(11)12)5(3-4)7(9)10/h1-3H,(H2,9,10)(H,11,12)/p-1. The van der Waals surface area contributed by atoms with Crippen molar-refractivity contribution in [3.63, 3.8) is 0 Å². The van der Waals surface area contributed by atoms with E-state index in [4.69, 9.17) is 5.73 Å². The molecule has 0 aromatic heterocycles. The molecule has 2 N–H and O–H groups in total. The maximum absolute atomic E-state index is 10.8. The van der Waals surface area contributed by atoms with Crippen LogP contribution in [0.2, 0.25) is 0 Å². The van der Waals surface area contributed by atoms with Crippen LogP contribution < -0.4 is 5.73 Å². The lowest BCUT2D eigenvalue weighted by molar-refractivity contribution is 0.0997. The second kappa shape index (κ2) is 3.99. The number of primary amides is 1. The summed E-state index contributed by atoms with van der Waals surface area (Å²) < 4.78 is 21.8. The Morgan fingerprint density at radius 2 is 2.15 bits per heavy atom. The summed E-state index contributed by atoms with van der Waals surface area (Å²) in [5, 5.41) is 0. The SMILES string of the molecule is NC(=O)c1cc(Br)ccc1S(=O)[O-]. The number of rotatable bonds is 2. The van der Waals surface area contributed by atoms with Gasteiger partial charge in [-0.1, -0.05) is 15.9 Å². The summed E-state index contributed by atoms with van der Waals surface area (Å²) in [4.78, 5) is 10.7. The maximum atomic E-state index is 10.8. The van der Waals surface area contributed by atoms with Gasteiger partial charge in [-0.15, -0.1) is 0 Å². The maximum Gasteiger partial charge on any atom is 0.249 e. The molecule has 0 aliphatic carbocycles. The van der Waals surface area contributed by atoms with Gasteiger partial charge in [0.1, 0.15) is 0 Å². The highest BCUT2D eigenvalue weighted by molar-refractivity contribution is 9.10. The molecule has 1 aromatic carbocycles. The molecule has 0 bridgehead atoms. The normalized spacial score (nSPS) is 12.5. The first-order valence-corrected chi connectivity index (χ1v) is 5.08. The van der Waals surface area contributed by atoms with Crippen LogP contribution in [-0.2, 0) is 11.1 Å². The van der Waals surface area contributed by atoms with E-state index < -0.39 is 17.0 Å². The smallest absolute Gasteiger partial charge is 0.249 e. The van der Waals surface area contributed by atoms with Gasteiger partial charge in [0.2, 0.25) is 5.91 Å². The molecule has 1 amide bonds. The second-order valence-corrected chi connectivity index (χ2v) is 4.06. The minimum atomic E-state index is -2.44. The van der Waals surface area contributed by atoms with Crippen molar-refractivity contribution in [1.29, 1.82) is 0 Å². The summed E-state index contributed by atoms with van der Waals surface area (Å²) in [5.74, 6) is -0.763. The Balaban J connectivity index is 3.35. The van der Waals surface area contributed by atoms with Gasteiger partial charge in [0.25, 0.3) is 0 Å². The lowest BCUT2D eigenvalue weighted by Crippen LogP contribution is -2.14. The minimum absolute atomic E-state index is 0.0114. The van der Waals surface area contributed by atoms with E-state index in [-0.39, 0.29) is 10.5 Å².